The molecule has 0 aliphatic carbocycles. The molecule has 3 N–H and O–H groups in total. The first kappa shape index (κ1) is 15.7. The van der Waals surface area contributed by atoms with Crippen LogP contribution in [0.5, 0.6) is 5.75 Å². The smallest absolute Gasteiger partial charge is 0.142 e. The molecule has 0 unspecified atom stereocenters. The lowest BCUT2D eigenvalue weighted by atomic mass is 9.86. The van der Waals surface area contributed by atoms with Crippen LogP contribution in [0.25, 0.3) is 0 Å². The van der Waals surface area contributed by atoms with E-state index in [0.717, 1.165) is 51.1 Å². The van der Waals surface area contributed by atoms with Gasteiger partial charge in [-0.05, 0) is 31.4 Å². The average molecular weight is 289 g/mol. The van der Waals surface area contributed by atoms with Crippen molar-refractivity contribution >= 4 is 11.5 Å². The minimum Gasteiger partial charge on any atom is -0.491 e. The molecule has 4 heteroatoms. The molecular formula is C17H27N3O. The monoisotopic (exact) mass is 289 g/mol. The highest BCUT2D eigenvalue weighted by Crippen LogP contribution is 2.31. The van der Waals surface area contributed by atoms with E-state index in [1.54, 1.807) is 0 Å². The van der Waals surface area contributed by atoms with Crippen molar-refractivity contribution in [3.63, 3.8) is 0 Å². The molecule has 116 valence electrons. The fourth-order valence-electron chi connectivity index (χ4n) is 2.63. The summed E-state index contributed by atoms with van der Waals surface area (Å²) in [5, 5.41) is 7.60. The summed E-state index contributed by atoms with van der Waals surface area (Å²) in [7, 11) is 0. The first-order valence-corrected chi connectivity index (χ1v) is 7.82. The lowest BCUT2D eigenvalue weighted by Crippen LogP contribution is -2.31. The van der Waals surface area contributed by atoms with Crippen LogP contribution in [0.2, 0.25) is 0 Å². The molecule has 1 heterocycles. The first-order valence-electron chi connectivity index (χ1n) is 7.82. The molecule has 1 aromatic carbocycles. The van der Waals surface area contributed by atoms with E-state index in [4.69, 9.17) is 15.9 Å². The Labute approximate surface area is 127 Å². The number of unbranched alkanes of at least 4 members (excludes halogenated alkanes) is 1. The molecule has 1 aromatic rings. The van der Waals surface area contributed by atoms with Gasteiger partial charge in [0.05, 0.1) is 18.1 Å². The van der Waals surface area contributed by atoms with E-state index >= 15 is 0 Å². The molecule has 0 amide bonds. The van der Waals surface area contributed by atoms with Crippen LogP contribution in [0.15, 0.2) is 24.3 Å². The molecule has 0 atom stereocenters. The Kier molecular flexibility index (Phi) is 5.10. The summed E-state index contributed by atoms with van der Waals surface area (Å²) < 4.78 is 5.78. The number of ether oxygens (including phenoxy) is 1. The molecule has 2 rings (SSSR count). The van der Waals surface area contributed by atoms with E-state index < -0.39 is 0 Å². The summed E-state index contributed by atoms with van der Waals surface area (Å²) in [6.07, 6.45) is 4.24. The number of nitrogens with one attached hydrogen (secondary N) is 1. The fraction of sp³-hybridized carbons (Fsp3) is 0.588. The number of nitrogens with zero attached hydrogens (tertiary/aromatic N) is 1. The van der Waals surface area contributed by atoms with Crippen LogP contribution in [-0.2, 0) is 0 Å². The highest BCUT2D eigenvalue weighted by molar-refractivity contribution is 5.82. The van der Waals surface area contributed by atoms with E-state index in [-0.39, 0.29) is 11.3 Å². The van der Waals surface area contributed by atoms with Crippen LogP contribution in [0.1, 0.15) is 39.5 Å². The maximum absolute atomic E-state index is 7.60. The van der Waals surface area contributed by atoms with Crippen LogP contribution in [0.3, 0.4) is 0 Å². The van der Waals surface area contributed by atoms with Gasteiger partial charge in [0.25, 0.3) is 0 Å². The number of amidine groups is 1. The molecular weight excluding hydrogens is 262 g/mol. The lowest BCUT2D eigenvalue weighted by molar-refractivity contribution is 0.322. The van der Waals surface area contributed by atoms with Gasteiger partial charge in [-0.2, -0.15) is 0 Å². The Hall–Kier alpha value is -1.71. The van der Waals surface area contributed by atoms with Crippen LogP contribution < -0.4 is 15.4 Å². The first-order chi connectivity index (χ1) is 10.0. The van der Waals surface area contributed by atoms with Gasteiger partial charge in [-0.1, -0.05) is 32.4 Å². The van der Waals surface area contributed by atoms with Crippen molar-refractivity contribution in [1.29, 1.82) is 5.41 Å². The topological polar surface area (TPSA) is 62.3 Å². The standard InChI is InChI=1S/C17H27N3O/c1-17(2,16(18)19)10-5-6-11-20-12-7-13-21-15-9-4-3-8-14(15)20/h3-4,8-9H,5-7,10-13H2,1-2H3,(H3,18,19). The summed E-state index contributed by atoms with van der Waals surface area (Å²) in [5.74, 6) is 1.29. The number of rotatable bonds is 6. The van der Waals surface area contributed by atoms with Gasteiger partial charge in [0.15, 0.2) is 0 Å². The van der Waals surface area contributed by atoms with Crippen LogP contribution >= 0.6 is 0 Å². The minimum atomic E-state index is -0.181. The zero-order valence-electron chi connectivity index (χ0n) is 13.2. The Morgan fingerprint density at radius 2 is 2.10 bits per heavy atom. The number of benzene rings is 1. The summed E-state index contributed by atoms with van der Waals surface area (Å²) in [4.78, 5) is 2.42. The number of hydrogen-bond acceptors (Lipinski definition) is 3. The van der Waals surface area contributed by atoms with Gasteiger partial charge < -0.3 is 15.4 Å². The van der Waals surface area contributed by atoms with Crippen molar-refractivity contribution in [2.45, 2.75) is 39.5 Å². The Balaban J connectivity index is 1.87. The molecule has 0 aromatic heterocycles. The van der Waals surface area contributed by atoms with Crippen LogP contribution in [0.4, 0.5) is 5.69 Å². The molecule has 4 nitrogen and oxygen atoms in total. The van der Waals surface area contributed by atoms with Crippen molar-refractivity contribution in [1.82, 2.24) is 0 Å². The zero-order chi connectivity index (χ0) is 15.3. The van der Waals surface area contributed by atoms with E-state index in [1.807, 2.05) is 26.0 Å². The molecule has 1 aliphatic heterocycles. The fourth-order valence-corrected chi connectivity index (χ4v) is 2.63. The normalized spacial score (nSPS) is 15.0. The van der Waals surface area contributed by atoms with Gasteiger partial charge in [-0.3, -0.25) is 5.41 Å². The minimum absolute atomic E-state index is 0.181. The SMILES string of the molecule is CC(C)(CCCCN1CCCOc2ccccc21)C(=N)N. The predicted molar refractivity (Wildman–Crippen MR) is 88.3 cm³/mol. The van der Waals surface area contributed by atoms with Crippen molar-refractivity contribution in [3.8, 4) is 5.75 Å². The van der Waals surface area contributed by atoms with Crippen LogP contribution in [0, 0.1) is 10.8 Å². The zero-order valence-corrected chi connectivity index (χ0v) is 13.2. The molecule has 0 fully saturated rings. The average Bonchev–Trinajstić information content (AvgIpc) is 2.66. The molecule has 0 saturated heterocycles. The van der Waals surface area contributed by atoms with Gasteiger partial charge >= 0.3 is 0 Å². The Morgan fingerprint density at radius 1 is 1.33 bits per heavy atom. The van der Waals surface area contributed by atoms with Crippen LogP contribution in [-0.4, -0.2) is 25.5 Å². The van der Waals surface area contributed by atoms with E-state index in [9.17, 15) is 0 Å². The number of para-hydroxylation sites is 2. The lowest BCUT2D eigenvalue weighted by Gasteiger charge is -2.26. The van der Waals surface area contributed by atoms with Gasteiger partial charge in [-0.25, -0.2) is 0 Å². The molecule has 0 spiro atoms. The number of hydrogen-bond donors (Lipinski definition) is 2. The van der Waals surface area contributed by atoms with Gasteiger partial charge in [0.2, 0.25) is 0 Å². The summed E-state index contributed by atoms with van der Waals surface area (Å²) >= 11 is 0. The van der Waals surface area contributed by atoms with Crippen molar-refractivity contribution in [3.05, 3.63) is 24.3 Å². The van der Waals surface area contributed by atoms with E-state index in [0.29, 0.717) is 0 Å². The maximum Gasteiger partial charge on any atom is 0.142 e. The number of nitrogens with two attached hydrogens (primary N) is 1. The van der Waals surface area contributed by atoms with E-state index in [1.165, 1.54) is 5.69 Å². The predicted octanol–water partition coefficient (Wildman–Crippen LogP) is 3.41. The van der Waals surface area contributed by atoms with Crippen molar-refractivity contribution in [2.24, 2.45) is 11.1 Å². The Bertz CT molecular complexity index is 485. The van der Waals surface area contributed by atoms with E-state index in [2.05, 4.69) is 17.0 Å². The largest absolute Gasteiger partial charge is 0.491 e. The second-order valence-corrected chi connectivity index (χ2v) is 6.41. The molecule has 0 bridgehead atoms. The molecule has 1 aliphatic rings. The summed E-state index contributed by atoms with van der Waals surface area (Å²) in [6.45, 7) is 6.97. The summed E-state index contributed by atoms with van der Waals surface area (Å²) in [5.41, 5.74) is 6.66. The molecule has 0 radical (unpaired) electrons. The molecule has 0 saturated carbocycles. The van der Waals surface area contributed by atoms with Gasteiger partial charge in [0, 0.05) is 18.5 Å². The van der Waals surface area contributed by atoms with Gasteiger partial charge in [0.1, 0.15) is 5.75 Å². The third kappa shape index (κ3) is 4.13. The number of anilines is 1. The Morgan fingerprint density at radius 3 is 2.86 bits per heavy atom. The highest BCUT2D eigenvalue weighted by Gasteiger charge is 2.21. The second kappa shape index (κ2) is 6.83. The van der Waals surface area contributed by atoms with Gasteiger partial charge in [-0.15, -0.1) is 0 Å². The van der Waals surface area contributed by atoms with Crippen molar-refractivity contribution < 1.29 is 4.74 Å². The highest BCUT2D eigenvalue weighted by atomic mass is 16.5. The summed E-state index contributed by atoms with van der Waals surface area (Å²) in [6, 6.07) is 8.28. The second-order valence-electron chi connectivity index (χ2n) is 6.41. The number of fused-ring (bicyclic) bond motifs is 1. The van der Waals surface area contributed by atoms with Crippen molar-refractivity contribution in [2.75, 3.05) is 24.6 Å². The molecule has 21 heavy (non-hydrogen) atoms. The third-order valence-corrected chi connectivity index (χ3v) is 4.24. The maximum atomic E-state index is 7.60. The quantitative estimate of drug-likeness (QED) is 0.479. The third-order valence-electron chi connectivity index (χ3n) is 4.24.